The normalized spacial score (nSPS) is 14.6. The Bertz CT molecular complexity index is 50.3. The van der Waals surface area contributed by atoms with E-state index in [0.717, 1.165) is 12.3 Å². The molecule has 0 rings (SSSR count). The lowest BCUT2D eigenvalue weighted by Crippen LogP contribution is -2.03. The maximum atomic E-state index is 8.58. The molecule has 0 saturated heterocycles. The second kappa shape index (κ2) is 3.90. The highest BCUT2D eigenvalue weighted by Gasteiger charge is 2.01. The molecule has 0 bridgehead atoms. The van der Waals surface area contributed by atoms with Crippen LogP contribution >= 0.6 is 0 Å². The Morgan fingerprint density at radius 3 is 1.88 bits per heavy atom. The van der Waals surface area contributed by atoms with Crippen molar-refractivity contribution in [3.05, 3.63) is 0 Å². The van der Waals surface area contributed by atoms with Gasteiger partial charge in [-0.25, -0.2) is 0 Å². The first-order valence-electron chi connectivity index (χ1n) is 3.27. The summed E-state index contributed by atoms with van der Waals surface area (Å²) in [5, 5.41) is 8.58. The molecule has 1 atom stereocenters. The zero-order chi connectivity index (χ0) is 6.57. The minimum atomic E-state index is 0.332. The molecule has 0 aromatic rings. The van der Waals surface area contributed by atoms with Crippen LogP contribution in [0, 0.1) is 11.8 Å². The molecular weight excluding hydrogens is 100 g/mol. The summed E-state index contributed by atoms with van der Waals surface area (Å²) in [5.41, 5.74) is 0. The van der Waals surface area contributed by atoms with Crippen molar-refractivity contribution in [2.24, 2.45) is 11.8 Å². The number of hydrogen-bond donors (Lipinski definition) is 1. The van der Waals surface area contributed by atoms with Crippen LogP contribution in [0.2, 0.25) is 0 Å². The number of hydrogen-bond acceptors (Lipinski definition) is 1. The summed E-state index contributed by atoms with van der Waals surface area (Å²) in [6, 6.07) is 0. The van der Waals surface area contributed by atoms with Gasteiger partial charge in [-0.2, -0.15) is 0 Å². The van der Waals surface area contributed by atoms with Crippen LogP contribution < -0.4 is 0 Å². The minimum absolute atomic E-state index is 0.332. The molecule has 0 radical (unpaired) electrons. The fourth-order valence-electron chi connectivity index (χ4n) is 0.879. The van der Waals surface area contributed by atoms with Gasteiger partial charge in [-0.15, -0.1) is 0 Å². The predicted octanol–water partition coefficient (Wildman–Crippen LogP) is 1.66. The van der Waals surface area contributed by atoms with Crippen molar-refractivity contribution < 1.29 is 5.11 Å². The highest BCUT2D eigenvalue weighted by Crippen LogP contribution is 2.08. The quantitative estimate of drug-likeness (QED) is 0.594. The molecule has 0 aliphatic carbocycles. The van der Waals surface area contributed by atoms with Crippen molar-refractivity contribution in [1.82, 2.24) is 0 Å². The van der Waals surface area contributed by atoms with Gasteiger partial charge in [0.05, 0.1) is 0 Å². The molecule has 1 N–H and O–H groups in total. The van der Waals surface area contributed by atoms with Crippen LogP contribution in [0.15, 0.2) is 0 Å². The van der Waals surface area contributed by atoms with Crippen molar-refractivity contribution in [2.75, 3.05) is 6.61 Å². The Labute approximate surface area is 51.7 Å². The molecule has 0 unspecified atom stereocenters. The van der Waals surface area contributed by atoms with Crippen molar-refractivity contribution in [3.63, 3.8) is 0 Å². The molecule has 1 nitrogen and oxygen atoms in total. The average molecular weight is 116 g/mol. The standard InChI is InChI=1S/C7H16O/c1-6(2)4-7(3)5-8/h6-8H,4-5H2,1-3H3/t7-/m1/s1. The monoisotopic (exact) mass is 116 g/mol. The molecule has 0 heterocycles. The lowest BCUT2D eigenvalue weighted by Gasteiger charge is -2.08. The summed E-state index contributed by atoms with van der Waals surface area (Å²) in [7, 11) is 0. The molecule has 0 aromatic heterocycles. The SMILES string of the molecule is CC(C)C[C@@H](C)CO. The van der Waals surface area contributed by atoms with Crippen molar-refractivity contribution >= 4 is 0 Å². The van der Waals surface area contributed by atoms with Gasteiger partial charge in [0.25, 0.3) is 0 Å². The van der Waals surface area contributed by atoms with Crippen molar-refractivity contribution in [2.45, 2.75) is 27.2 Å². The summed E-state index contributed by atoms with van der Waals surface area (Å²) in [6.07, 6.45) is 1.14. The average Bonchev–Trinajstić information content (AvgIpc) is 1.65. The second-order valence-electron chi connectivity index (χ2n) is 2.92. The van der Waals surface area contributed by atoms with Gasteiger partial charge >= 0.3 is 0 Å². The van der Waals surface area contributed by atoms with Gasteiger partial charge in [0.1, 0.15) is 0 Å². The van der Waals surface area contributed by atoms with Crippen LogP contribution in [0.4, 0.5) is 0 Å². The maximum absolute atomic E-state index is 8.58. The van der Waals surface area contributed by atoms with E-state index in [4.69, 9.17) is 5.11 Å². The molecule has 8 heavy (non-hydrogen) atoms. The van der Waals surface area contributed by atoms with Gasteiger partial charge in [-0.1, -0.05) is 20.8 Å². The first-order valence-corrected chi connectivity index (χ1v) is 3.27. The summed E-state index contributed by atoms with van der Waals surface area (Å²) >= 11 is 0. The summed E-state index contributed by atoms with van der Waals surface area (Å²) in [4.78, 5) is 0. The minimum Gasteiger partial charge on any atom is -0.396 e. The first-order chi connectivity index (χ1) is 3.66. The summed E-state index contributed by atoms with van der Waals surface area (Å²) in [5.74, 6) is 1.20. The predicted molar refractivity (Wildman–Crippen MR) is 35.7 cm³/mol. The van der Waals surface area contributed by atoms with E-state index >= 15 is 0 Å². The van der Waals surface area contributed by atoms with Gasteiger partial charge in [-0.05, 0) is 18.3 Å². The van der Waals surface area contributed by atoms with Crippen LogP contribution in [0.5, 0.6) is 0 Å². The fourth-order valence-corrected chi connectivity index (χ4v) is 0.879. The smallest absolute Gasteiger partial charge is 0.0456 e. The van der Waals surface area contributed by atoms with Gasteiger partial charge < -0.3 is 5.11 Å². The van der Waals surface area contributed by atoms with Crippen LogP contribution in [0.3, 0.4) is 0 Å². The summed E-state index contributed by atoms with van der Waals surface area (Å²) < 4.78 is 0. The zero-order valence-electron chi connectivity index (χ0n) is 6.02. The van der Waals surface area contributed by atoms with Gasteiger partial charge in [-0.3, -0.25) is 0 Å². The van der Waals surface area contributed by atoms with E-state index in [-0.39, 0.29) is 0 Å². The molecule has 0 aliphatic heterocycles. The lowest BCUT2D eigenvalue weighted by atomic mass is 10.0. The molecule has 0 amide bonds. The third kappa shape index (κ3) is 4.13. The van der Waals surface area contributed by atoms with E-state index in [1.165, 1.54) is 0 Å². The maximum Gasteiger partial charge on any atom is 0.0456 e. The van der Waals surface area contributed by atoms with Crippen LogP contribution in [0.25, 0.3) is 0 Å². The number of aliphatic hydroxyl groups excluding tert-OH is 1. The Hall–Kier alpha value is -0.0400. The molecule has 0 fully saturated rings. The Morgan fingerprint density at radius 2 is 1.75 bits per heavy atom. The van der Waals surface area contributed by atoms with E-state index < -0.39 is 0 Å². The second-order valence-corrected chi connectivity index (χ2v) is 2.92. The topological polar surface area (TPSA) is 20.2 Å². The third-order valence-corrected chi connectivity index (χ3v) is 1.19. The van der Waals surface area contributed by atoms with Gasteiger partial charge in [0.2, 0.25) is 0 Å². The Morgan fingerprint density at radius 1 is 1.25 bits per heavy atom. The molecule has 50 valence electrons. The summed E-state index contributed by atoms with van der Waals surface area (Å²) in [6.45, 7) is 6.75. The molecule has 0 spiro atoms. The van der Waals surface area contributed by atoms with E-state index in [2.05, 4.69) is 20.8 Å². The highest BCUT2D eigenvalue weighted by atomic mass is 16.3. The van der Waals surface area contributed by atoms with Crippen LogP contribution in [-0.2, 0) is 0 Å². The number of aliphatic hydroxyl groups is 1. The molecule has 0 aromatic carbocycles. The van der Waals surface area contributed by atoms with E-state index in [1.807, 2.05) is 0 Å². The van der Waals surface area contributed by atoms with Crippen molar-refractivity contribution in [1.29, 1.82) is 0 Å². The Kier molecular flexibility index (Phi) is 3.88. The largest absolute Gasteiger partial charge is 0.396 e. The molecule has 0 aliphatic rings. The highest BCUT2D eigenvalue weighted by molar-refractivity contribution is 4.52. The van der Waals surface area contributed by atoms with Gasteiger partial charge in [0, 0.05) is 6.61 Å². The third-order valence-electron chi connectivity index (χ3n) is 1.19. The number of rotatable bonds is 3. The van der Waals surface area contributed by atoms with Crippen molar-refractivity contribution in [3.8, 4) is 0 Å². The van der Waals surface area contributed by atoms with E-state index in [9.17, 15) is 0 Å². The first kappa shape index (κ1) is 7.96. The van der Waals surface area contributed by atoms with Crippen LogP contribution in [-0.4, -0.2) is 11.7 Å². The van der Waals surface area contributed by atoms with E-state index in [1.54, 1.807) is 0 Å². The fraction of sp³-hybridized carbons (Fsp3) is 1.00. The zero-order valence-corrected chi connectivity index (χ0v) is 6.02. The van der Waals surface area contributed by atoms with Gasteiger partial charge in [0.15, 0.2) is 0 Å². The molecular formula is C7H16O. The molecule has 0 saturated carbocycles. The van der Waals surface area contributed by atoms with E-state index in [0.29, 0.717) is 12.5 Å². The molecule has 1 heteroatoms. The lowest BCUT2D eigenvalue weighted by molar-refractivity contribution is 0.218. The Balaban J connectivity index is 3.10. The van der Waals surface area contributed by atoms with Crippen LogP contribution in [0.1, 0.15) is 27.2 Å².